The molecule has 25 heavy (non-hydrogen) atoms. The normalized spacial score (nSPS) is 39.8. The first-order chi connectivity index (χ1) is 12.0. The molecule has 3 aliphatic rings. The molecule has 142 valence electrons. The molecule has 1 aliphatic carbocycles. The van der Waals surface area contributed by atoms with Crippen molar-refractivity contribution in [2.45, 2.75) is 77.7 Å². The Balaban J connectivity index is 1.70. The molecule has 0 unspecified atom stereocenters. The van der Waals surface area contributed by atoms with Crippen LogP contribution in [0.4, 0.5) is 0 Å². The Hall–Kier alpha value is -0.870. The Morgan fingerprint density at radius 2 is 2.16 bits per heavy atom. The molecule has 0 radical (unpaired) electrons. The molecule has 4 heteroatoms. The van der Waals surface area contributed by atoms with Crippen LogP contribution in [0.25, 0.3) is 0 Å². The molecular formula is C21H35NO3. The van der Waals surface area contributed by atoms with Crippen LogP contribution in [0.3, 0.4) is 0 Å². The Morgan fingerprint density at radius 1 is 1.36 bits per heavy atom. The monoisotopic (exact) mass is 349 g/mol. The van der Waals surface area contributed by atoms with Crippen LogP contribution in [-0.4, -0.2) is 42.4 Å². The van der Waals surface area contributed by atoms with Crippen molar-refractivity contribution < 1.29 is 14.3 Å². The molecule has 6 atom stereocenters. The number of nitrogens with zero attached hydrogens (tertiary/aromatic N) is 1. The fourth-order valence-electron chi connectivity index (χ4n) is 5.17. The van der Waals surface area contributed by atoms with Crippen LogP contribution in [-0.2, 0) is 14.3 Å². The summed E-state index contributed by atoms with van der Waals surface area (Å²) >= 11 is 0. The third-order valence-corrected chi connectivity index (χ3v) is 6.54. The van der Waals surface area contributed by atoms with Gasteiger partial charge in [-0.1, -0.05) is 33.3 Å². The second-order valence-electron chi connectivity index (χ2n) is 8.72. The van der Waals surface area contributed by atoms with Crippen LogP contribution >= 0.6 is 0 Å². The first kappa shape index (κ1) is 18.9. The van der Waals surface area contributed by atoms with Gasteiger partial charge in [-0.3, -0.25) is 9.69 Å². The minimum absolute atomic E-state index is 0.0922. The number of hydrogen-bond donors (Lipinski definition) is 0. The second kappa shape index (κ2) is 8.22. The number of ether oxygens (including phenoxy) is 2. The zero-order chi connectivity index (χ0) is 18.0. The molecule has 0 aromatic rings. The lowest BCUT2D eigenvalue weighted by Gasteiger charge is -2.39. The van der Waals surface area contributed by atoms with Gasteiger partial charge in [-0.05, 0) is 50.0 Å². The van der Waals surface area contributed by atoms with Crippen molar-refractivity contribution in [1.82, 2.24) is 4.90 Å². The van der Waals surface area contributed by atoms with Gasteiger partial charge < -0.3 is 9.47 Å². The number of rotatable bonds is 6. The SMILES string of the molecule is C=CCN1CCC[C@@H]1[C@@H]1CC(=O)O[C@H]1O[C@@H]1C[C@H](C)CC[C@H]1C(C)C. The second-order valence-corrected chi connectivity index (χ2v) is 8.72. The highest BCUT2D eigenvalue weighted by Crippen LogP contribution is 2.40. The quantitative estimate of drug-likeness (QED) is 0.537. The molecule has 0 aromatic carbocycles. The molecule has 0 amide bonds. The summed E-state index contributed by atoms with van der Waals surface area (Å²) in [6.07, 6.45) is 8.23. The third kappa shape index (κ3) is 4.28. The number of esters is 1. The Bertz CT molecular complexity index is 478. The summed E-state index contributed by atoms with van der Waals surface area (Å²) < 4.78 is 12.2. The van der Waals surface area contributed by atoms with Crippen molar-refractivity contribution in [3.8, 4) is 0 Å². The van der Waals surface area contributed by atoms with Crippen LogP contribution in [0.5, 0.6) is 0 Å². The van der Waals surface area contributed by atoms with E-state index in [-0.39, 0.29) is 24.3 Å². The van der Waals surface area contributed by atoms with Crippen LogP contribution in [0.15, 0.2) is 12.7 Å². The summed E-state index contributed by atoms with van der Waals surface area (Å²) in [5.74, 6) is 1.95. The van der Waals surface area contributed by atoms with E-state index >= 15 is 0 Å². The maximum Gasteiger partial charge on any atom is 0.308 e. The maximum atomic E-state index is 12.1. The van der Waals surface area contributed by atoms with Gasteiger partial charge in [0.1, 0.15) is 0 Å². The lowest BCUT2D eigenvalue weighted by Crippen LogP contribution is -2.43. The van der Waals surface area contributed by atoms with Crippen molar-refractivity contribution in [2.24, 2.45) is 23.7 Å². The average molecular weight is 350 g/mol. The van der Waals surface area contributed by atoms with E-state index in [9.17, 15) is 4.79 Å². The zero-order valence-corrected chi connectivity index (χ0v) is 16.2. The van der Waals surface area contributed by atoms with Gasteiger partial charge >= 0.3 is 5.97 Å². The first-order valence-corrected chi connectivity index (χ1v) is 10.2. The van der Waals surface area contributed by atoms with Gasteiger partial charge in [0.05, 0.1) is 12.5 Å². The van der Waals surface area contributed by atoms with E-state index in [1.165, 1.54) is 19.3 Å². The van der Waals surface area contributed by atoms with E-state index in [2.05, 4.69) is 32.3 Å². The van der Waals surface area contributed by atoms with E-state index in [0.717, 1.165) is 25.9 Å². The van der Waals surface area contributed by atoms with Gasteiger partial charge in [0, 0.05) is 18.5 Å². The van der Waals surface area contributed by atoms with Crippen LogP contribution in [0.2, 0.25) is 0 Å². The third-order valence-electron chi connectivity index (χ3n) is 6.54. The lowest BCUT2D eigenvalue weighted by molar-refractivity contribution is -0.200. The fraction of sp³-hybridized carbons (Fsp3) is 0.857. The van der Waals surface area contributed by atoms with Crippen molar-refractivity contribution in [3.05, 3.63) is 12.7 Å². The van der Waals surface area contributed by atoms with E-state index in [4.69, 9.17) is 9.47 Å². The fourth-order valence-corrected chi connectivity index (χ4v) is 5.17. The summed E-state index contributed by atoms with van der Waals surface area (Å²) in [6, 6.07) is 0.382. The molecule has 3 rings (SSSR count). The van der Waals surface area contributed by atoms with Gasteiger partial charge in [-0.2, -0.15) is 0 Å². The largest absolute Gasteiger partial charge is 0.435 e. The number of cyclic esters (lactones) is 1. The molecule has 2 saturated heterocycles. The van der Waals surface area contributed by atoms with E-state index in [1.807, 2.05) is 6.08 Å². The smallest absolute Gasteiger partial charge is 0.308 e. The molecule has 0 bridgehead atoms. The van der Waals surface area contributed by atoms with Gasteiger partial charge in [0.15, 0.2) is 0 Å². The average Bonchev–Trinajstić information content (AvgIpc) is 3.14. The van der Waals surface area contributed by atoms with Crippen molar-refractivity contribution in [2.75, 3.05) is 13.1 Å². The molecule has 4 nitrogen and oxygen atoms in total. The van der Waals surface area contributed by atoms with Gasteiger partial charge in [-0.25, -0.2) is 0 Å². The minimum Gasteiger partial charge on any atom is -0.435 e. The summed E-state index contributed by atoms with van der Waals surface area (Å²) in [6.45, 7) is 12.7. The zero-order valence-electron chi connectivity index (χ0n) is 16.2. The topological polar surface area (TPSA) is 38.8 Å². The summed E-state index contributed by atoms with van der Waals surface area (Å²) in [5, 5.41) is 0. The first-order valence-electron chi connectivity index (χ1n) is 10.2. The highest BCUT2D eigenvalue weighted by molar-refractivity contribution is 5.72. The summed E-state index contributed by atoms with van der Waals surface area (Å²) in [4.78, 5) is 14.5. The van der Waals surface area contributed by atoms with Crippen LogP contribution < -0.4 is 0 Å². The molecular weight excluding hydrogens is 314 g/mol. The number of carbonyl (C=O) groups is 1. The molecule has 2 aliphatic heterocycles. The maximum absolute atomic E-state index is 12.1. The van der Waals surface area contributed by atoms with Crippen molar-refractivity contribution in [1.29, 1.82) is 0 Å². The van der Waals surface area contributed by atoms with Crippen molar-refractivity contribution in [3.63, 3.8) is 0 Å². The number of likely N-dealkylation sites (tertiary alicyclic amines) is 1. The Morgan fingerprint density at radius 3 is 2.88 bits per heavy atom. The predicted molar refractivity (Wildman–Crippen MR) is 99.0 cm³/mol. The van der Waals surface area contributed by atoms with E-state index in [1.54, 1.807) is 0 Å². The molecule has 3 fully saturated rings. The molecule has 0 N–H and O–H groups in total. The van der Waals surface area contributed by atoms with Crippen LogP contribution in [0, 0.1) is 23.7 Å². The van der Waals surface area contributed by atoms with Crippen molar-refractivity contribution >= 4 is 5.97 Å². The standard InChI is InChI=1S/C21H35NO3/c1-5-10-22-11-6-7-18(22)17-13-20(23)25-21(17)24-19-12-15(4)8-9-16(19)14(2)3/h5,14-19,21H,1,6-13H2,2-4H3/t15-,16+,17+,18-,19-,21-/m1/s1. The van der Waals surface area contributed by atoms with Crippen LogP contribution in [0.1, 0.15) is 59.3 Å². The van der Waals surface area contributed by atoms with E-state index < -0.39 is 0 Å². The van der Waals surface area contributed by atoms with Gasteiger partial charge in [0.2, 0.25) is 6.29 Å². The number of hydrogen-bond acceptors (Lipinski definition) is 4. The van der Waals surface area contributed by atoms with E-state index in [0.29, 0.717) is 30.2 Å². The predicted octanol–water partition coefficient (Wildman–Crippen LogP) is 4.00. The molecule has 0 aromatic heterocycles. The Kier molecular flexibility index (Phi) is 6.21. The number of carbonyl (C=O) groups excluding carboxylic acids is 1. The minimum atomic E-state index is -0.362. The molecule has 1 saturated carbocycles. The summed E-state index contributed by atoms with van der Waals surface area (Å²) in [5.41, 5.74) is 0. The van der Waals surface area contributed by atoms with Gasteiger partial charge in [-0.15, -0.1) is 6.58 Å². The summed E-state index contributed by atoms with van der Waals surface area (Å²) in [7, 11) is 0. The molecule has 2 heterocycles. The Labute approximate surface area is 152 Å². The highest BCUT2D eigenvalue weighted by Gasteiger charge is 2.46. The highest BCUT2D eigenvalue weighted by atomic mass is 16.7. The molecule has 0 spiro atoms. The van der Waals surface area contributed by atoms with Gasteiger partial charge in [0.25, 0.3) is 0 Å². The lowest BCUT2D eigenvalue weighted by atomic mass is 9.75.